The van der Waals surface area contributed by atoms with Crippen molar-refractivity contribution in [1.82, 2.24) is 15.2 Å². The molecule has 0 aliphatic carbocycles. The molecule has 7 nitrogen and oxygen atoms in total. The Morgan fingerprint density at radius 1 is 1.42 bits per heavy atom. The van der Waals surface area contributed by atoms with Crippen LogP contribution in [0, 0.1) is 12.8 Å². The molecule has 0 bridgehead atoms. The van der Waals surface area contributed by atoms with E-state index in [4.69, 9.17) is 0 Å². The van der Waals surface area contributed by atoms with Gasteiger partial charge in [0.1, 0.15) is 0 Å². The summed E-state index contributed by atoms with van der Waals surface area (Å²) in [7, 11) is 0. The number of hydrogen-bond donors (Lipinski definition) is 2. The normalized spacial score (nSPS) is 17.0. The van der Waals surface area contributed by atoms with Crippen LogP contribution in [0.4, 0.5) is 11.6 Å². The van der Waals surface area contributed by atoms with Crippen molar-refractivity contribution >= 4 is 35.2 Å². The third-order valence-corrected chi connectivity index (χ3v) is 5.18. The first-order valence-corrected chi connectivity index (χ1v) is 9.77. The highest BCUT2D eigenvalue weighted by Crippen LogP contribution is 2.32. The van der Waals surface area contributed by atoms with Crippen LogP contribution in [0.3, 0.4) is 0 Å². The first kappa shape index (κ1) is 18.4. The van der Waals surface area contributed by atoms with Gasteiger partial charge in [-0.15, -0.1) is 5.10 Å². The van der Waals surface area contributed by atoms with E-state index in [1.165, 1.54) is 11.8 Å². The molecule has 3 rings (SSSR count). The van der Waals surface area contributed by atoms with Gasteiger partial charge in [-0.2, -0.15) is 4.98 Å². The summed E-state index contributed by atoms with van der Waals surface area (Å²) < 4.78 is 0. The summed E-state index contributed by atoms with van der Waals surface area (Å²) in [5, 5.41) is 10.1. The molecular weight excluding hydrogens is 350 g/mol. The van der Waals surface area contributed by atoms with Gasteiger partial charge in [-0.3, -0.25) is 14.9 Å². The molecule has 1 aromatic carbocycles. The van der Waals surface area contributed by atoms with Crippen molar-refractivity contribution in [2.24, 2.45) is 5.92 Å². The Kier molecular flexibility index (Phi) is 5.61. The van der Waals surface area contributed by atoms with E-state index in [-0.39, 0.29) is 18.2 Å². The minimum atomic E-state index is -0.404. The van der Waals surface area contributed by atoms with Crippen molar-refractivity contribution in [1.29, 1.82) is 0 Å². The van der Waals surface area contributed by atoms with E-state index in [1.54, 1.807) is 4.90 Å². The number of rotatable bonds is 6. The van der Waals surface area contributed by atoms with Crippen LogP contribution < -0.4 is 10.2 Å². The van der Waals surface area contributed by atoms with Gasteiger partial charge in [0, 0.05) is 18.7 Å². The maximum atomic E-state index is 12.6. The Morgan fingerprint density at radius 3 is 2.96 bits per heavy atom. The van der Waals surface area contributed by atoms with Crippen molar-refractivity contribution in [3.8, 4) is 0 Å². The lowest BCUT2D eigenvalue weighted by atomic mass is 10.0. The summed E-state index contributed by atoms with van der Waals surface area (Å²) in [6.45, 7) is 6.46. The lowest BCUT2D eigenvalue weighted by Crippen LogP contribution is -2.29. The number of carbonyl (C=O) groups is 2. The molecular formula is C18H23N5O2S. The number of nitrogens with zero attached hydrogens (tertiary/aromatic N) is 3. The molecule has 1 aliphatic rings. The molecule has 2 heterocycles. The fraction of sp³-hybridized carbons (Fsp3) is 0.444. The number of anilines is 2. The molecule has 1 aromatic heterocycles. The molecule has 0 radical (unpaired) electrons. The Labute approximate surface area is 157 Å². The van der Waals surface area contributed by atoms with E-state index in [0.717, 1.165) is 29.0 Å². The van der Waals surface area contributed by atoms with E-state index in [1.807, 2.05) is 32.0 Å². The monoisotopic (exact) mass is 373 g/mol. The van der Waals surface area contributed by atoms with Gasteiger partial charge in [0.2, 0.25) is 22.9 Å². The Hall–Kier alpha value is -2.35. The van der Waals surface area contributed by atoms with E-state index in [2.05, 4.69) is 27.4 Å². The topological polar surface area (TPSA) is 91.0 Å². The number of aromatic nitrogens is 3. The predicted molar refractivity (Wildman–Crippen MR) is 102 cm³/mol. The Morgan fingerprint density at radius 2 is 2.23 bits per heavy atom. The largest absolute Gasteiger partial charge is 0.311 e. The molecule has 1 fully saturated rings. The first-order valence-electron chi connectivity index (χ1n) is 8.78. The summed E-state index contributed by atoms with van der Waals surface area (Å²) in [4.78, 5) is 31.1. The molecule has 2 aromatic rings. The van der Waals surface area contributed by atoms with Gasteiger partial charge in [-0.05, 0) is 30.2 Å². The maximum absolute atomic E-state index is 12.6. The van der Waals surface area contributed by atoms with Crippen LogP contribution in [-0.4, -0.2) is 39.3 Å². The zero-order valence-corrected chi connectivity index (χ0v) is 16.0. The number of benzene rings is 1. The van der Waals surface area contributed by atoms with Gasteiger partial charge in [0.25, 0.3) is 0 Å². The van der Waals surface area contributed by atoms with Crippen molar-refractivity contribution in [2.45, 2.75) is 38.8 Å². The lowest BCUT2D eigenvalue weighted by molar-refractivity contribution is -0.122. The third-order valence-electron chi connectivity index (χ3n) is 4.45. The van der Waals surface area contributed by atoms with Crippen LogP contribution in [0.2, 0.25) is 0 Å². The molecule has 26 heavy (non-hydrogen) atoms. The van der Waals surface area contributed by atoms with Gasteiger partial charge in [0.15, 0.2) is 0 Å². The van der Waals surface area contributed by atoms with Crippen LogP contribution in [0.1, 0.15) is 31.4 Å². The lowest BCUT2D eigenvalue weighted by Gasteiger charge is -2.22. The van der Waals surface area contributed by atoms with E-state index in [0.29, 0.717) is 17.6 Å². The highest BCUT2D eigenvalue weighted by Gasteiger charge is 2.36. The number of aryl methyl sites for hydroxylation is 2. The van der Waals surface area contributed by atoms with E-state index < -0.39 is 5.92 Å². The third kappa shape index (κ3) is 3.75. The Balaban J connectivity index is 1.72. The smallest absolute Gasteiger partial charge is 0.232 e. The molecule has 0 spiro atoms. The molecule has 0 saturated carbocycles. The molecule has 1 unspecified atom stereocenters. The Bertz CT molecular complexity index is 820. The number of para-hydroxylation sites is 1. The van der Waals surface area contributed by atoms with Crippen molar-refractivity contribution in [2.75, 3.05) is 22.5 Å². The highest BCUT2D eigenvalue weighted by atomic mass is 32.2. The van der Waals surface area contributed by atoms with Crippen LogP contribution in [0.25, 0.3) is 0 Å². The minimum absolute atomic E-state index is 0.0195. The van der Waals surface area contributed by atoms with Crippen LogP contribution in [-0.2, 0) is 16.0 Å². The zero-order valence-electron chi connectivity index (χ0n) is 15.2. The number of thioether (sulfide) groups is 1. The molecule has 8 heteroatoms. The van der Waals surface area contributed by atoms with Gasteiger partial charge in [-0.1, -0.05) is 43.8 Å². The molecule has 2 N–H and O–H groups in total. The van der Waals surface area contributed by atoms with Crippen LogP contribution in [0.15, 0.2) is 23.4 Å². The van der Waals surface area contributed by atoms with E-state index in [9.17, 15) is 9.59 Å². The van der Waals surface area contributed by atoms with Crippen molar-refractivity contribution in [3.63, 3.8) is 0 Å². The number of H-pyrrole nitrogens is 1. The number of amides is 2. The second-order valence-electron chi connectivity index (χ2n) is 6.23. The summed E-state index contributed by atoms with van der Waals surface area (Å²) in [6, 6.07) is 6.03. The fourth-order valence-corrected chi connectivity index (χ4v) is 3.73. The van der Waals surface area contributed by atoms with Gasteiger partial charge in [0.05, 0.1) is 5.92 Å². The van der Waals surface area contributed by atoms with Gasteiger partial charge in [-0.25, -0.2) is 5.10 Å². The second kappa shape index (κ2) is 7.90. The summed E-state index contributed by atoms with van der Waals surface area (Å²) in [6.07, 6.45) is 1.04. The number of carbonyl (C=O) groups excluding carboxylic acids is 2. The maximum Gasteiger partial charge on any atom is 0.232 e. The first-order chi connectivity index (χ1) is 12.5. The van der Waals surface area contributed by atoms with Crippen molar-refractivity contribution in [3.05, 3.63) is 29.3 Å². The fourth-order valence-electron chi connectivity index (χ4n) is 3.21. The molecule has 1 atom stereocenters. The highest BCUT2D eigenvalue weighted by molar-refractivity contribution is 7.99. The standard InChI is InChI=1S/C18H23N5O2S/c1-4-12-8-6-7-11(3)15(12)23-10-13(9-14(23)24)16(25)19-17-20-18(22-21-17)26-5-2/h6-8,13H,4-5,9-10H2,1-3H3,(H2,19,20,21,22,25). The van der Waals surface area contributed by atoms with E-state index >= 15 is 0 Å². The molecule has 1 saturated heterocycles. The minimum Gasteiger partial charge on any atom is -0.311 e. The van der Waals surface area contributed by atoms with Gasteiger partial charge >= 0.3 is 0 Å². The predicted octanol–water partition coefficient (Wildman–Crippen LogP) is 2.78. The quantitative estimate of drug-likeness (QED) is 0.760. The molecule has 138 valence electrons. The van der Waals surface area contributed by atoms with Crippen molar-refractivity contribution < 1.29 is 9.59 Å². The number of hydrogen-bond acceptors (Lipinski definition) is 5. The average Bonchev–Trinajstić information content (AvgIpc) is 3.21. The zero-order chi connectivity index (χ0) is 18.7. The number of aromatic amines is 1. The SMILES string of the molecule is CCSc1n[nH]c(NC(=O)C2CC(=O)N(c3c(C)cccc3CC)C2)n1. The summed E-state index contributed by atoms with van der Waals surface area (Å²) in [5.74, 6) is 0.542. The van der Waals surface area contributed by atoms with Crippen LogP contribution in [0.5, 0.6) is 0 Å². The molecule has 1 aliphatic heterocycles. The number of nitrogens with one attached hydrogen (secondary N) is 2. The average molecular weight is 373 g/mol. The summed E-state index contributed by atoms with van der Waals surface area (Å²) >= 11 is 1.49. The molecule has 2 amide bonds. The van der Waals surface area contributed by atoms with Gasteiger partial charge < -0.3 is 4.90 Å². The van der Waals surface area contributed by atoms with Crippen LogP contribution >= 0.6 is 11.8 Å². The summed E-state index contributed by atoms with van der Waals surface area (Å²) in [5.41, 5.74) is 3.11. The second-order valence-corrected chi connectivity index (χ2v) is 7.46.